The average Bonchev–Trinajstić information content (AvgIpc) is 1.86. The van der Waals surface area contributed by atoms with Crippen LogP contribution in [0.1, 0.15) is 13.8 Å². The van der Waals surface area contributed by atoms with Crippen molar-refractivity contribution in [2.45, 2.75) is 19.4 Å². The first-order valence-electron chi connectivity index (χ1n) is 3.08. The number of ether oxygens (including phenoxy) is 2. The molecule has 0 atom stereocenters. The van der Waals surface area contributed by atoms with Crippen LogP contribution in [-0.2, 0) is 9.47 Å². The van der Waals surface area contributed by atoms with Gasteiger partial charge in [0.1, 0.15) is 12.1 Å². The maximum atomic E-state index is 10.5. The van der Waals surface area contributed by atoms with E-state index in [1.165, 1.54) is 7.11 Å². The summed E-state index contributed by atoms with van der Waals surface area (Å²) >= 11 is 0. The zero-order valence-corrected chi connectivity index (χ0v) is 6.79. The third kappa shape index (κ3) is 4.30. The Balaban J connectivity index is 3.89. The predicted octanol–water partition coefficient (Wildman–Crippen LogP) is 1.31. The second kappa shape index (κ2) is 3.90. The summed E-state index contributed by atoms with van der Waals surface area (Å²) in [5.41, 5.74) is -0.880. The molecule has 0 aliphatic heterocycles. The zero-order valence-electron chi connectivity index (χ0n) is 6.79. The minimum Gasteiger partial charge on any atom is -0.438 e. The molecule has 0 heterocycles. The van der Waals surface area contributed by atoms with Crippen molar-refractivity contribution in [3.8, 4) is 0 Å². The Labute approximate surface area is 64.6 Å². The van der Waals surface area contributed by atoms with Crippen molar-refractivity contribution in [2.24, 2.45) is 5.18 Å². The Morgan fingerprint density at radius 2 is 2.09 bits per heavy atom. The minimum absolute atomic E-state index is 0.0813. The van der Waals surface area contributed by atoms with Crippen molar-refractivity contribution in [3.05, 3.63) is 4.91 Å². The minimum atomic E-state index is -0.880. The number of hydrogen-bond acceptors (Lipinski definition) is 5. The molecule has 0 saturated heterocycles. The topological polar surface area (TPSA) is 65.0 Å². The maximum absolute atomic E-state index is 10.5. The molecule has 0 unspecified atom stereocenters. The van der Waals surface area contributed by atoms with E-state index >= 15 is 0 Å². The van der Waals surface area contributed by atoms with Crippen molar-refractivity contribution in [2.75, 3.05) is 13.7 Å². The van der Waals surface area contributed by atoms with Crippen LogP contribution in [0, 0.1) is 4.91 Å². The highest BCUT2D eigenvalue weighted by molar-refractivity contribution is 5.60. The average molecular weight is 161 g/mol. The van der Waals surface area contributed by atoms with Gasteiger partial charge in [-0.05, 0) is 13.8 Å². The highest BCUT2D eigenvalue weighted by Crippen LogP contribution is 2.09. The van der Waals surface area contributed by atoms with Crippen molar-refractivity contribution in [1.82, 2.24) is 0 Å². The molecule has 0 aromatic rings. The first-order chi connectivity index (χ1) is 5.02. The van der Waals surface area contributed by atoms with Gasteiger partial charge in [-0.25, -0.2) is 4.79 Å². The highest BCUT2D eigenvalue weighted by atomic mass is 16.7. The van der Waals surface area contributed by atoms with Crippen LogP contribution < -0.4 is 0 Å². The van der Waals surface area contributed by atoms with Gasteiger partial charge in [0.2, 0.25) is 0 Å². The predicted molar refractivity (Wildman–Crippen MR) is 38.2 cm³/mol. The molecule has 0 aromatic carbocycles. The number of carbonyl (C=O) groups is 1. The van der Waals surface area contributed by atoms with Crippen LogP contribution in [0.2, 0.25) is 0 Å². The second-order valence-electron chi connectivity index (χ2n) is 2.60. The lowest BCUT2D eigenvalue weighted by molar-refractivity contribution is -0.00166. The molecule has 0 radical (unpaired) electrons. The van der Waals surface area contributed by atoms with Crippen LogP contribution >= 0.6 is 0 Å². The third-order valence-electron chi connectivity index (χ3n) is 0.972. The van der Waals surface area contributed by atoms with E-state index in [9.17, 15) is 9.70 Å². The Morgan fingerprint density at radius 1 is 1.55 bits per heavy atom. The van der Waals surface area contributed by atoms with E-state index in [0.717, 1.165) is 0 Å². The lowest BCUT2D eigenvalue weighted by Crippen LogP contribution is -2.31. The number of hydrogen-bond donors (Lipinski definition) is 0. The summed E-state index contributed by atoms with van der Waals surface area (Å²) in [6.07, 6.45) is -0.807. The molecule has 0 rings (SSSR count). The Bertz CT molecular complexity index is 155. The monoisotopic (exact) mass is 161 g/mol. The number of nitrogens with zero attached hydrogens (tertiary/aromatic N) is 1. The van der Waals surface area contributed by atoms with Gasteiger partial charge in [-0.1, -0.05) is 5.18 Å². The smallest absolute Gasteiger partial charge is 0.438 e. The number of carbonyl (C=O) groups excluding carboxylic acids is 1. The normalized spacial score (nSPS) is 10.5. The quantitative estimate of drug-likeness (QED) is 0.462. The van der Waals surface area contributed by atoms with Gasteiger partial charge in [0.05, 0.1) is 7.11 Å². The van der Waals surface area contributed by atoms with Crippen LogP contribution in [0.15, 0.2) is 5.18 Å². The fourth-order valence-electron chi connectivity index (χ4n) is 0.455. The molecular weight excluding hydrogens is 150 g/mol. The van der Waals surface area contributed by atoms with Crippen LogP contribution in [0.3, 0.4) is 0 Å². The Hall–Kier alpha value is -1.13. The summed E-state index contributed by atoms with van der Waals surface area (Å²) < 4.78 is 8.90. The molecule has 0 saturated carbocycles. The summed E-state index contributed by atoms with van der Waals surface area (Å²) in [5.74, 6) is 0. The van der Waals surface area contributed by atoms with E-state index in [0.29, 0.717) is 0 Å². The standard InChI is InChI=1S/C6H11NO4/c1-6(2,4-7-9)11-5(8)10-3/h4H2,1-3H3. The summed E-state index contributed by atoms with van der Waals surface area (Å²) in [4.78, 5) is 20.3. The SMILES string of the molecule is COC(=O)OC(C)(C)CN=O. The van der Waals surface area contributed by atoms with Gasteiger partial charge in [-0.15, -0.1) is 0 Å². The first-order valence-corrected chi connectivity index (χ1v) is 3.08. The molecule has 0 amide bonds. The Kier molecular flexibility index (Phi) is 3.50. The van der Waals surface area contributed by atoms with Gasteiger partial charge >= 0.3 is 6.16 Å². The van der Waals surface area contributed by atoms with E-state index in [1.54, 1.807) is 13.8 Å². The van der Waals surface area contributed by atoms with Gasteiger partial charge in [-0.3, -0.25) is 0 Å². The number of methoxy groups -OCH3 is 1. The zero-order chi connectivity index (χ0) is 8.91. The van der Waals surface area contributed by atoms with Gasteiger partial charge in [0, 0.05) is 0 Å². The number of rotatable bonds is 3. The molecule has 0 spiro atoms. The fourth-order valence-corrected chi connectivity index (χ4v) is 0.455. The molecule has 0 aliphatic carbocycles. The van der Waals surface area contributed by atoms with Crippen LogP contribution in [-0.4, -0.2) is 25.4 Å². The van der Waals surface area contributed by atoms with Crippen LogP contribution in [0.5, 0.6) is 0 Å². The summed E-state index contributed by atoms with van der Waals surface area (Å²) in [6.45, 7) is 3.07. The molecule has 64 valence electrons. The molecule has 0 N–H and O–H groups in total. The van der Waals surface area contributed by atoms with E-state index in [2.05, 4.69) is 14.7 Å². The van der Waals surface area contributed by atoms with Crippen molar-refractivity contribution >= 4 is 6.16 Å². The lowest BCUT2D eigenvalue weighted by Gasteiger charge is -2.19. The van der Waals surface area contributed by atoms with Gasteiger partial charge in [0.15, 0.2) is 0 Å². The van der Waals surface area contributed by atoms with Gasteiger partial charge < -0.3 is 9.47 Å². The summed E-state index contributed by atoms with van der Waals surface area (Å²) in [5, 5.41) is 2.61. The van der Waals surface area contributed by atoms with Gasteiger partial charge in [0.25, 0.3) is 0 Å². The molecule has 5 nitrogen and oxygen atoms in total. The Morgan fingerprint density at radius 3 is 2.45 bits per heavy atom. The van der Waals surface area contributed by atoms with E-state index in [1.807, 2.05) is 0 Å². The van der Waals surface area contributed by atoms with E-state index in [4.69, 9.17) is 0 Å². The molecule has 11 heavy (non-hydrogen) atoms. The second-order valence-corrected chi connectivity index (χ2v) is 2.60. The van der Waals surface area contributed by atoms with E-state index < -0.39 is 11.8 Å². The highest BCUT2D eigenvalue weighted by Gasteiger charge is 2.23. The fraction of sp³-hybridized carbons (Fsp3) is 0.833. The molecule has 0 bridgehead atoms. The molecule has 0 fully saturated rings. The summed E-state index contributed by atoms with van der Waals surface area (Å²) in [6, 6.07) is 0. The van der Waals surface area contributed by atoms with Crippen LogP contribution in [0.25, 0.3) is 0 Å². The molecule has 0 aromatic heterocycles. The van der Waals surface area contributed by atoms with Crippen molar-refractivity contribution < 1.29 is 14.3 Å². The third-order valence-corrected chi connectivity index (χ3v) is 0.972. The summed E-state index contributed by atoms with van der Waals surface area (Å²) in [7, 11) is 1.20. The molecular formula is C6H11NO4. The van der Waals surface area contributed by atoms with Crippen LogP contribution in [0.4, 0.5) is 4.79 Å². The van der Waals surface area contributed by atoms with E-state index in [-0.39, 0.29) is 6.54 Å². The molecule has 0 aliphatic rings. The molecule has 5 heteroatoms. The van der Waals surface area contributed by atoms with Crippen molar-refractivity contribution in [3.63, 3.8) is 0 Å². The number of nitroso groups, excluding NO2 is 1. The van der Waals surface area contributed by atoms with Crippen molar-refractivity contribution in [1.29, 1.82) is 0 Å². The lowest BCUT2D eigenvalue weighted by atomic mass is 10.1. The largest absolute Gasteiger partial charge is 0.508 e. The van der Waals surface area contributed by atoms with Gasteiger partial charge in [-0.2, -0.15) is 4.91 Å². The first kappa shape index (κ1) is 9.87. The maximum Gasteiger partial charge on any atom is 0.508 e.